The first-order chi connectivity index (χ1) is 8.71. The Hall–Kier alpha value is 0.440. The van der Waals surface area contributed by atoms with Gasteiger partial charge in [0.25, 0.3) is 0 Å². The molecule has 0 saturated heterocycles. The van der Waals surface area contributed by atoms with Gasteiger partial charge in [0.2, 0.25) is 0 Å². The lowest BCUT2D eigenvalue weighted by atomic mass is 9.58. The van der Waals surface area contributed by atoms with Crippen LogP contribution in [0.4, 0.5) is 0 Å². The Labute approximate surface area is 120 Å². The lowest BCUT2D eigenvalue weighted by Gasteiger charge is -2.56. The number of rotatable bonds is 2. The van der Waals surface area contributed by atoms with Crippen molar-refractivity contribution in [1.29, 1.82) is 0 Å². The summed E-state index contributed by atoms with van der Waals surface area (Å²) in [6.45, 7) is 2.39. The Bertz CT molecular complexity index is 277. The third-order valence-corrected chi connectivity index (χ3v) is 7.08. The van der Waals surface area contributed by atoms with Crippen molar-refractivity contribution in [3.8, 4) is 0 Å². The standard InChI is InChI=1S/C16H27BrO/c1-12-5-7-13(8-6-12)18-15-11-14(17)16(15)9-3-2-4-10-16/h12-15H,2-11H2,1H3. The zero-order valence-electron chi connectivity index (χ0n) is 11.7. The highest BCUT2D eigenvalue weighted by Gasteiger charge is 2.55. The summed E-state index contributed by atoms with van der Waals surface area (Å²) in [4.78, 5) is 0.734. The molecule has 0 amide bonds. The maximum Gasteiger partial charge on any atom is 0.0656 e. The predicted octanol–water partition coefficient (Wildman–Crippen LogP) is 5.07. The minimum atomic E-state index is 0.515. The highest BCUT2D eigenvalue weighted by atomic mass is 79.9. The molecule has 0 heterocycles. The van der Waals surface area contributed by atoms with E-state index in [1.807, 2.05) is 0 Å². The van der Waals surface area contributed by atoms with Gasteiger partial charge in [-0.25, -0.2) is 0 Å². The molecule has 2 unspecified atom stereocenters. The van der Waals surface area contributed by atoms with Crippen molar-refractivity contribution < 1.29 is 4.74 Å². The van der Waals surface area contributed by atoms with E-state index in [1.165, 1.54) is 64.2 Å². The SMILES string of the molecule is CC1CCC(OC2CC(Br)C23CCCCC3)CC1. The third kappa shape index (κ3) is 2.40. The molecular formula is C16H27BrO. The maximum atomic E-state index is 6.51. The van der Waals surface area contributed by atoms with Gasteiger partial charge in [-0.15, -0.1) is 0 Å². The highest BCUT2D eigenvalue weighted by Crippen LogP contribution is 2.57. The van der Waals surface area contributed by atoms with E-state index in [-0.39, 0.29) is 0 Å². The molecule has 3 aliphatic rings. The first-order valence-corrected chi connectivity index (χ1v) is 8.92. The van der Waals surface area contributed by atoms with Crippen molar-refractivity contribution in [3.05, 3.63) is 0 Å². The summed E-state index contributed by atoms with van der Waals surface area (Å²) in [5.74, 6) is 0.929. The monoisotopic (exact) mass is 314 g/mol. The van der Waals surface area contributed by atoms with Crippen LogP contribution >= 0.6 is 15.9 Å². The zero-order chi connectivity index (χ0) is 12.6. The second-order valence-corrected chi connectivity index (χ2v) is 8.11. The van der Waals surface area contributed by atoms with E-state index in [9.17, 15) is 0 Å². The average molecular weight is 315 g/mol. The Morgan fingerprint density at radius 2 is 1.67 bits per heavy atom. The lowest BCUT2D eigenvalue weighted by Crippen LogP contribution is -2.57. The molecule has 3 aliphatic carbocycles. The first-order valence-electron chi connectivity index (χ1n) is 8.00. The molecule has 0 radical (unpaired) electrons. The Kier molecular flexibility index (Phi) is 4.06. The Morgan fingerprint density at radius 1 is 1.00 bits per heavy atom. The fourth-order valence-corrected chi connectivity index (χ4v) is 5.42. The smallest absolute Gasteiger partial charge is 0.0656 e. The van der Waals surface area contributed by atoms with Crippen LogP contribution in [0, 0.1) is 11.3 Å². The van der Waals surface area contributed by atoms with Crippen LogP contribution in [0.5, 0.6) is 0 Å². The summed E-state index contributed by atoms with van der Waals surface area (Å²) in [6, 6.07) is 0. The quantitative estimate of drug-likeness (QED) is 0.647. The molecule has 0 aliphatic heterocycles. The van der Waals surface area contributed by atoms with Crippen molar-refractivity contribution in [2.24, 2.45) is 11.3 Å². The molecule has 1 spiro atoms. The van der Waals surface area contributed by atoms with E-state index in [1.54, 1.807) is 0 Å². The summed E-state index contributed by atoms with van der Waals surface area (Å²) >= 11 is 3.91. The van der Waals surface area contributed by atoms with Crippen LogP contribution in [0.25, 0.3) is 0 Å². The summed E-state index contributed by atoms with van der Waals surface area (Å²) in [5.41, 5.74) is 0.515. The summed E-state index contributed by atoms with van der Waals surface area (Å²) in [7, 11) is 0. The van der Waals surface area contributed by atoms with Crippen LogP contribution in [0.2, 0.25) is 0 Å². The molecule has 3 rings (SSSR count). The Morgan fingerprint density at radius 3 is 2.28 bits per heavy atom. The van der Waals surface area contributed by atoms with E-state index in [2.05, 4.69) is 22.9 Å². The van der Waals surface area contributed by atoms with Crippen LogP contribution in [0.15, 0.2) is 0 Å². The molecule has 0 N–H and O–H groups in total. The van der Waals surface area contributed by atoms with Gasteiger partial charge in [0.15, 0.2) is 0 Å². The fraction of sp³-hybridized carbons (Fsp3) is 1.00. The molecule has 3 fully saturated rings. The number of ether oxygens (including phenoxy) is 1. The molecule has 18 heavy (non-hydrogen) atoms. The van der Waals surface area contributed by atoms with Crippen LogP contribution in [-0.4, -0.2) is 17.0 Å². The summed E-state index contributed by atoms with van der Waals surface area (Å²) in [5, 5.41) is 0. The van der Waals surface area contributed by atoms with Gasteiger partial charge in [0.05, 0.1) is 12.2 Å². The molecule has 0 aromatic rings. The van der Waals surface area contributed by atoms with Gasteiger partial charge in [-0.1, -0.05) is 42.1 Å². The van der Waals surface area contributed by atoms with E-state index in [0.717, 1.165) is 10.7 Å². The number of hydrogen-bond donors (Lipinski definition) is 0. The minimum absolute atomic E-state index is 0.515. The molecular weight excluding hydrogens is 288 g/mol. The van der Waals surface area contributed by atoms with Gasteiger partial charge in [-0.3, -0.25) is 0 Å². The molecule has 3 saturated carbocycles. The van der Waals surface area contributed by atoms with Gasteiger partial charge < -0.3 is 4.74 Å². The average Bonchev–Trinajstić information content (AvgIpc) is 2.42. The van der Waals surface area contributed by atoms with Gasteiger partial charge >= 0.3 is 0 Å². The van der Waals surface area contributed by atoms with Crippen molar-refractivity contribution in [2.75, 3.05) is 0 Å². The summed E-state index contributed by atoms with van der Waals surface area (Å²) < 4.78 is 6.51. The van der Waals surface area contributed by atoms with Crippen molar-refractivity contribution in [1.82, 2.24) is 0 Å². The van der Waals surface area contributed by atoms with Crippen molar-refractivity contribution >= 4 is 15.9 Å². The molecule has 0 aromatic carbocycles. The second kappa shape index (κ2) is 5.44. The largest absolute Gasteiger partial charge is 0.374 e. The topological polar surface area (TPSA) is 9.23 Å². The zero-order valence-corrected chi connectivity index (χ0v) is 13.3. The van der Waals surface area contributed by atoms with E-state index < -0.39 is 0 Å². The van der Waals surface area contributed by atoms with Crippen LogP contribution in [0.1, 0.15) is 71.1 Å². The van der Waals surface area contributed by atoms with Crippen molar-refractivity contribution in [3.63, 3.8) is 0 Å². The van der Waals surface area contributed by atoms with Gasteiger partial charge in [0.1, 0.15) is 0 Å². The van der Waals surface area contributed by atoms with Gasteiger partial charge in [0, 0.05) is 10.2 Å². The van der Waals surface area contributed by atoms with Gasteiger partial charge in [-0.05, 0) is 50.9 Å². The van der Waals surface area contributed by atoms with Crippen LogP contribution < -0.4 is 0 Å². The highest BCUT2D eigenvalue weighted by molar-refractivity contribution is 9.09. The molecule has 1 nitrogen and oxygen atoms in total. The number of halogens is 1. The number of alkyl halides is 1. The molecule has 104 valence electrons. The molecule has 0 bridgehead atoms. The summed E-state index contributed by atoms with van der Waals surface area (Å²) in [6.07, 6.45) is 14.8. The molecule has 2 heteroatoms. The lowest BCUT2D eigenvalue weighted by molar-refractivity contribution is -0.157. The van der Waals surface area contributed by atoms with Crippen LogP contribution in [0.3, 0.4) is 0 Å². The maximum absolute atomic E-state index is 6.51. The molecule has 2 atom stereocenters. The molecule has 0 aromatic heterocycles. The van der Waals surface area contributed by atoms with Crippen molar-refractivity contribution in [2.45, 2.75) is 88.2 Å². The third-order valence-electron chi connectivity index (χ3n) is 5.79. The normalized spacial score (nSPS) is 43.7. The van der Waals surface area contributed by atoms with Crippen LogP contribution in [-0.2, 0) is 4.74 Å². The first kappa shape index (κ1) is 13.4. The van der Waals surface area contributed by atoms with Gasteiger partial charge in [-0.2, -0.15) is 0 Å². The minimum Gasteiger partial charge on any atom is -0.374 e. The number of hydrogen-bond acceptors (Lipinski definition) is 1. The van der Waals surface area contributed by atoms with E-state index in [0.29, 0.717) is 17.6 Å². The Balaban J connectivity index is 1.56. The van der Waals surface area contributed by atoms with E-state index in [4.69, 9.17) is 4.74 Å². The predicted molar refractivity (Wildman–Crippen MR) is 79.1 cm³/mol. The van der Waals surface area contributed by atoms with E-state index >= 15 is 0 Å². The second-order valence-electron chi connectivity index (χ2n) is 7.00. The fourth-order valence-electron chi connectivity index (χ4n) is 4.33.